The molecule has 5 nitrogen and oxygen atoms in total. The maximum absolute atomic E-state index is 12.1. The minimum Gasteiger partial charge on any atom is -0.355 e. The van der Waals surface area contributed by atoms with Gasteiger partial charge < -0.3 is 10.2 Å². The molecule has 1 N–H and O–H groups in total. The SMILES string of the molecule is Cc1ccc(SCCC(=O)NCCN2CCN(c3nc4ccc(Cl)cc4s3)CC2)cc1. The summed E-state index contributed by atoms with van der Waals surface area (Å²) >= 11 is 9.52. The highest BCUT2D eigenvalue weighted by Gasteiger charge is 2.19. The minimum absolute atomic E-state index is 0.131. The highest BCUT2D eigenvalue weighted by molar-refractivity contribution is 7.99. The Kier molecular flexibility index (Phi) is 7.72. The number of hydrogen-bond donors (Lipinski definition) is 1. The molecule has 0 bridgehead atoms. The van der Waals surface area contributed by atoms with Crippen LogP contribution in [0.15, 0.2) is 47.4 Å². The summed E-state index contributed by atoms with van der Waals surface area (Å²) in [4.78, 5) is 22.8. The summed E-state index contributed by atoms with van der Waals surface area (Å²) in [7, 11) is 0. The Morgan fingerprint density at radius 1 is 1.16 bits per heavy atom. The maximum atomic E-state index is 12.1. The van der Waals surface area contributed by atoms with E-state index in [0.29, 0.717) is 13.0 Å². The zero-order chi connectivity index (χ0) is 21.6. The molecular formula is C23H27ClN4OS2. The zero-order valence-electron chi connectivity index (χ0n) is 17.6. The molecule has 2 aromatic carbocycles. The first-order valence-electron chi connectivity index (χ1n) is 10.6. The van der Waals surface area contributed by atoms with Gasteiger partial charge in [-0.3, -0.25) is 9.69 Å². The lowest BCUT2D eigenvalue weighted by atomic mass is 10.2. The Morgan fingerprint density at radius 3 is 2.71 bits per heavy atom. The third-order valence-corrected chi connectivity index (χ3v) is 7.68. The first kappa shape index (κ1) is 22.4. The van der Waals surface area contributed by atoms with Crippen LogP contribution in [-0.2, 0) is 4.79 Å². The Bertz CT molecular complexity index is 1020. The number of carbonyl (C=O) groups is 1. The van der Waals surface area contributed by atoms with E-state index in [1.165, 1.54) is 10.5 Å². The molecule has 0 atom stereocenters. The van der Waals surface area contributed by atoms with E-state index in [-0.39, 0.29) is 5.91 Å². The van der Waals surface area contributed by atoms with Crippen molar-refractivity contribution in [1.82, 2.24) is 15.2 Å². The van der Waals surface area contributed by atoms with Gasteiger partial charge in [0.1, 0.15) is 0 Å². The van der Waals surface area contributed by atoms with E-state index in [1.807, 2.05) is 18.2 Å². The van der Waals surface area contributed by atoms with E-state index < -0.39 is 0 Å². The van der Waals surface area contributed by atoms with E-state index in [0.717, 1.165) is 58.8 Å². The number of fused-ring (bicyclic) bond motifs is 1. The van der Waals surface area contributed by atoms with Gasteiger partial charge >= 0.3 is 0 Å². The number of rotatable bonds is 8. The predicted molar refractivity (Wildman–Crippen MR) is 133 cm³/mol. The summed E-state index contributed by atoms with van der Waals surface area (Å²) < 4.78 is 1.13. The number of hydrogen-bond acceptors (Lipinski definition) is 6. The van der Waals surface area contributed by atoms with Crippen molar-refractivity contribution in [2.75, 3.05) is 49.9 Å². The molecule has 31 heavy (non-hydrogen) atoms. The molecule has 1 fully saturated rings. The van der Waals surface area contributed by atoms with Crippen LogP contribution in [0.5, 0.6) is 0 Å². The van der Waals surface area contributed by atoms with Crippen LogP contribution < -0.4 is 10.2 Å². The summed E-state index contributed by atoms with van der Waals surface area (Å²) in [5.41, 5.74) is 2.27. The first-order valence-corrected chi connectivity index (χ1v) is 12.7. The van der Waals surface area contributed by atoms with Crippen molar-refractivity contribution >= 4 is 56.0 Å². The second kappa shape index (κ2) is 10.7. The summed E-state index contributed by atoms with van der Waals surface area (Å²) in [5, 5.41) is 4.88. The fourth-order valence-corrected chi connectivity index (χ4v) is 5.67. The molecule has 4 rings (SSSR count). The van der Waals surface area contributed by atoms with Crippen LogP contribution in [0.3, 0.4) is 0 Å². The standard InChI is InChI=1S/C23H27ClN4OS2/c1-17-2-5-19(6-3-17)30-15-8-22(29)25-9-10-27-11-13-28(14-12-27)23-26-20-7-4-18(24)16-21(20)31-23/h2-7,16H,8-15H2,1H3,(H,25,29). The molecule has 2 heterocycles. The summed E-state index contributed by atoms with van der Waals surface area (Å²) in [6, 6.07) is 14.3. The van der Waals surface area contributed by atoms with Gasteiger partial charge in [0.2, 0.25) is 5.91 Å². The molecule has 164 valence electrons. The van der Waals surface area contributed by atoms with Crippen LogP contribution in [0.2, 0.25) is 5.02 Å². The summed E-state index contributed by atoms with van der Waals surface area (Å²) in [5.74, 6) is 0.937. The van der Waals surface area contributed by atoms with E-state index in [4.69, 9.17) is 16.6 Å². The molecule has 0 radical (unpaired) electrons. The van der Waals surface area contributed by atoms with Gasteiger partial charge in [-0.1, -0.05) is 40.6 Å². The fraction of sp³-hybridized carbons (Fsp3) is 0.391. The van der Waals surface area contributed by atoms with Crippen LogP contribution in [0.4, 0.5) is 5.13 Å². The highest BCUT2D eigenvalue weighted by atomic mass is 35.5. The second-order valence-corrected chi connectivity index (χ2v) is 10.3. The van der Waals surface area contributed by atoms with E-state index in [9.17, 15) is 4.79 Å². The molecular weight excluding hydrogens is 448 g/mol. The largest absolute Gasteiger partial charge is 0.355 e. The zero-order valence-corrected chi connectivity index (χ0v) is 20.0. The van der Waals surface area contributed by atoms with Crippen molar-refractivity contribution in [3.05, 3.63) is 53.1 Å². The van der Waals surface area contributed by atoms with Crippen LogP contribution in [0.1, 0.15) is 12.0 Å². The van der Waals surface area contributed by atoms with Crippen molar-refractivity contribution in [2.24, 2.45) is 0 Å². The van der Waals surface area contributed by atoms with E-state index in [2.05, 4.69) is 46.3 Å². The van der Waals surface area contributed by atoms with Crippen molar-refractivity contribution in [1.29, 1.82) is 0 Å². The topological polar surface area (TPSA) is 48.5 Å². The Hall–Kier alpha value is -1.80. The van der Waals surface area contributed by atoms with Crippen LogP contribution >= 0.6 is 34.7 Å². The van der Waals surface area contributed by atoms with Crippen molar-refractivity contribution in [2.45, 2.75) is 18.2 Å². The number of carbonyl (C=O) groups excluding carboxylic acids is 1. The van der Waals surface area contributed by atoms with Gasteiger partial charge in [-0.2, -0.15) is 0 Å². The van der Waals surface area contributed by atoms with Crippen LogP contribution in [0.25, 0.3) is 10.2 Å². The number of amides is 1. The summed E-state index contributed by atoms with van der Waals surface area (Å²) in [6.45, 7) is 7.54. The Balaban J connectivity index is 1.13. The maximum Gasteiger partial charge on any atom is 0.220 e. The quantitative estimate of drug-likeness (QED) is 0.480. The first-order chi connectivity index (χ1) is 15.1. The Morgan fingerprint density at radius 2 is 1.94 bits per heavy atom. The molecule has 1 amide bonds. The number of benzene rings is 2. The molecule has 0 aliphatic carbocycles. The van der Waals surface area contributed by atoms with Gasteiger partial charge in [-0.05, 0) is 37.3 Å². The van der Waals surface area contributed by atoms with Gasteiger partial charge in [-0.25, -0.2) is 4.98 Å². The average molecular weight is 475 g/mol. The number of thioether (sulfide) groups is 1. The van der Waals surface area contributed by atoms with Crippen LogP contribution in [-0.4, -0.2) is 60.8 Å². The average Bonchev–Trinajstić information content (AvgIpc) is 3.19. The monoisotopic (exact) mass is 474 g/mol. The second-order valence-electron chi connectivity index (χ2n) is 7.70. The number of nitrogens with one attached hydrogen (secondary N) is 1. The van der Waals surface area contributed by atoms with Crippen molar-refractivity contribution in [3.63, 3.8) is 0 Å². The lowest BCUT2D eigenvalue weighted by Gasteiger charge is -2.34. The molecule has 0 spiro atoms. The van der Waals surface area contributed by atoms with E-state index in [1.54, 1.807) is 23.1 Å². The number of nitrogens with zero attached hydrogens (tertiary/aromatic N) is 3. The van der Waals surface area contributed by atoms with Gasteiger partial charge in [-0.15, -0.1) is 11.8 Å². The number of piperazine rings is 1. The summed E-state index contributed by atoms with van der Waals surface area (Å²) in [6.07, 6.45) is 0.550. The number of aryl methyl sites for hydroxylation is 1. The highest BCUT2D eigenvalue weighted by Crippen LogP contribution is 2.31. The molecule has 0 saturated carbocycles. The number of halogens is 1. The van der Waals surface area contributed by atoms with Crippen molar-refractivity contribution < 1.29 is 4.79 Å². The molecule has 0 unspecified atom stereocenters. The third kappa shape index (κ3) is 6.35. The van der Waals surface area contributed by atoms with Gasteiger partial charge in [0, 0.05) is 61.4 Å². The molecule has 1 aliphatic heterocycles. The molecule has 3 aromatic rings. The Labute approximate surface area is 196 Å². The number of aromatic nitrogens is 1. The molecule has 1 aromatic heterocycles. The van der Waals surface area contributed by atoms with Crippen molar-refractivity contribution in [3.8, 4) is 0 Å². The third-order valence-electron chi connectivity index (χ3n) is 5.35. The van der Waals surface area contributed by atoms with Gasteiger partial charge in [0.25, 0.3) is 0 Å². The number of anilines is 1. The predicted octanol–water partition coefficient (Wildman–Crippen LogP) is 4.68. The molecule has 8 heteroatoms. The molecule has 1 aliphatic rings. The smallest absolute Gasteiger partial charge is 0.220 e. The van der Waals surface area contributed by atoms with E-state index >= 15 is 0 Å². The lowest BCUT2D eigenvalue weighted by molar-refractivity contribution is -0.120. The fourth-order valence-electron chi connectivity index (χ4n) is 3.52. The van der Waals surface area contributed by atoms with Gasteiger partial charge in [0.15, 0.2) is 5.13 Å². The lowest BCUT2D eigenvalue weighted by Crippen LogP contribution is -2.48. The van der Waals surface area contributed by atoms with Gasteiger partial charge in [0.05, 0.1) is 10.2 Å². The molecule has 1 saturated heterocycles. The minimum atomic E-state index is 0.131. The normalized spacial score (nSPS) is 14.8. The number of thiazole rings is 1. The van der Waals surface area contributed by atoms with Crippen LogP contribution in [0, 0.1) is 6.92 Å².